The Kier molecular flexibility index (Phi) is 15.6. The lowest BCUT2D eigenvalue weighted by Crippen LogP contribution is -2.40. The van der Waals surface area contributed by atoms with E-state index in [0.29, 0.717) is 17.5 Å². The summed E-state index contributed by atoms with van der Waals surface area (Å²) in [6, 6.07) is 12.7. The molecule has 0 aliphatic heterocycles. The van der Waals surface area contributed by atoms with Crippen LogP contribution in [0.25, 0.3) is 0 Å². The van der Waals surface area contributed by atoms with Crippen molar-refractivity contribution in [2.75, 3.05) is 46.0 Å². The largest absolute Gasteiger partial charge is 0.493 e. The molecule has 0 aliphatic rings. The number of rotatable bonds is 19. The van der Waals surface area contributed by atoms with Gasteiger partial charge in [-0.25, -0.2) is 19.3 Å². The number of amides is 3. The number of methoxy groups -OCH3 is 2. The van der Waals surface area contributed by atoms with Crippen LogP contribution in [0.5, 0.6) is 11.5 Å². The molecule has 51 heavy (non-hydrogen) atoms. The van der Waals surface area contributed by atoms with E-state index in [2.05, 4.69) is 22.6 Å². The van der Waals surface area contributed by atoms with Crippen molar-refractivity contribution in [1.82, 2.24) is 15.3 Å². The van der Waals surface area contributed by atoms with E-state index in [4.69, 9.17) is 28.4 Å². The minimum atomic E-state index is -0.985. The predicted octanol–water partition coefficient (Wildman–Crippen LogP) is 4.30. The van der Waals surface area contributed by atoms with Gasteiger partial charge < -0.3 is 39.1 Å². The number of nitrogens with one attached hydrogen (secondary N) is 3. The van der Waals surface area contributed by atoms with Gasteiger partial charge in [0, 0.05) is 45.1 Å². The minimum Gasteiger partial charge on any atom is -0.493 e. The molecule has 0 aliphatic carbocycles. The van der Waals surface area contributed by atoms with Crippen molar-refractivity contribution in [2.24, 2.45) is 0 Å². The highest BCUT2D eigenvalue weighted by Gasteiger charge is 2.28. The molecule has 3 rings (SSSR count). The molecule has 3 N–H and O–H groups in total. The SMILES string of the molecule is C=CCCOc1cc(F)ccc1CNC(=O)c1cn(NC(=O)OC(C)(C)C)c(C(=O)NCCOCC(OC)OC)c(OCc2ccccc2)c1=O. The van der Waals surface area contributed by atoms with E-state index in [1.807, 2.05) is 0 Å². The van der Waals surface area contributed by atoms with Gasteiger partial charge in [0.2, 0.25) is 5.43 Å². The molecule has 1 heterocycles. The smallest absolute Gasteiger partial charge is 0.426 e. The van der Waals surface area contributed by atoms with Crippen molar-refractivity contribution < 1.29 is 47.2 Å². The second-order valence-electron chi connectivity index (χ2n) is 11.9. The van der Waals surface area contributed by atoms with Gasteiger partial charge in [0.15, 0.2) is 17.7 Å². The van der Waals surface area contributed by atoms with Crippen LogP contribution in [0, 0.1) is 5.82 Å². The number of hydrogen-bond donors (Lipinski definition) is 3. The van der Waals surface area contributed by atoms with Crippen LogP contribution in [0.4, 0.5) is 9.18 Å². The van der Waals surface area contributed by atoms with Crippen molar-refractivity contribution in [3.63, 3.8) is 0 Å². The molecule has 0 fully saturated rings. The van der Waals surface area contributed by atoms with E-state index in [0.717, 1.165) is 10.9 Å². The number of pyridine rings is 1. The predicted molar refractivity (Wildman–Crippen MR) is 186 cm³/mol. The maximum Gasteiger partial charge on any atom is 0.426 e. The fourth-order valence-corrected chi connectivity index (χ4v) is 4.38. The van der Waals surface area contributed by atoms with E-state index in [1.165, 1.54) is 32.4 Å². The van der Waals surface area contributed by atoms with Gasteiger partial charge >= 0.3 is 6.09 Å². The fraction of sp³-hybridized carbons (Fsp3) is 0.389. The van der Waals surface area contributed by atoms with Crippen molar-refractivity contribution in [3.05, 3.63) is 106 Å². The van der Waals surface area contributed by atoms with E-state index < -0.39 is 58.1 Å². The van der Waals surface area contributed by atoms with Gasteiger partial charge in [-0.05, 0) is 38.8 Å². The summed E-state index contributed by atoms with van der Waals surface area (Å²) in [5.41, 5.74) is 0.752. The lowest BCUT2D eigenvalue weighted by Gasteiger charge is -2.23. The Hall–Kier alpha value is -5.25. The summed E-state index contributed by atoms with van der Waals surface area (Å²) in [7, 11) is 2.91. The number of carbonyl (C=O) groups is 3. The summed E-state index contributed by atoms with van der Waals surface area (Å²) in [6.07, 6.45) is 1.55. The summed E-state index contributed by atoms with van der Waals surface area (Å²) in [6.45, 7) is 8.58. The van der Waals surface area contributed by atoms with Crippen molar-refractivity contribution in [1.29, 1.82) is 0 Å². The highest BCUT2D eigenvalue weighted by molar-refractivity contribution is 5.99. The second kappa shape index (κ2) is 19.8. The number of aromatic nitrogens is 1. The fourth-order valence-electron chi connectivity index (χ4n) is 4.38. The topological polar surface area (TPSA) is 165 Å². The molecule has 0 radical (unpaired) electrons. The van der Waals surface area contributed by atoms with Gasteiger partial charge in [-0.3, -0.25) is 14.4 Å². The zero-order valence-electron chi connectivity index (χ0n) is 29.4. The second-order valence-corrected chi connectivity index (χ2v) is 11.9. The van der Waals surface area contributed by atoms with Crippen molar-refractivity contribution in [3.8, 4) is 11.5 Å². The van der Waals surface area contributed by atoms with Crippen LogP contribution in [-0.4, -0.2) is 75.1 Å². The van der Waals surface area contributed by atoms with Crippen LogP contribution >= 0.6 is 0 Å². The van der Waals surface area contributed by atoms with Crippen molar-refractivity contribution >= 4 is 17.9 Å². The number of nitrogens with zero attached hydrogens (tertiary/aromatic N) is 1. The quantitative estimate of drug-likeness (QED) is 0.0928. The third-order valence-electron chi connectivity index (χ3n) is 6.82. The number of ether oxygens (including phenoxy) is 6. The number of benzene rings is 2. The van der Waals surface area contributed by atoms with E-state index in [-0.39, 0.29) is 45.3 Å². The maximum atomic E-state index is 14.0. The van der Waals surface area contributed by atoms with Gasteiger partial charge in [0.25, 0.3) is 11.8 Å². The Morgan fingerprint density at radius 2 is 1.71 bits per heavy atom. The first-order valence-corrected chi connectivity index (χ1v) is 16.0. The van der Waals surface area contributed by atoms with Crippen LogP contribution in [0.3, 0.4) is 0 Å². The first-order chi connectivity index (χ1) is 24.4. The Bertz CT molecular complexity index is 1690. The van der Waals surface area contributed by atoms with Crippen LogP contribution in [-0.2, 0) is 32.1 Å². The van der Waals surface area contributed by atoms with Crippen LogP contribution in [0.15, 0.2) is 72.2 Å². The Balaban J connectivity index is 2.01. The molecule has 2 aromatic carbocycles. The summed E-state index contributed by atoms with van der Waals surface area (Å²) in [4.78, 5) is 54.2. The molecule has 0 saturated heterocycles. The maximum absolute atomic E-state index is 14.0. The number of carbonyl (C=O) groups excluding carboxylic acids is 3. The Labute approximate surface area is 295 Å². The zero-order chi connectivity index (χ0) is 37.4. The van der Waals surface area contributed by atoms with Gasteiger partial charge in [-0.1, -0.05) is 42.5 Å². The number of halogens is 1. The summed E-state index contributed by atoms with van der Waals surface area (Å²) >= 11 is 0. The molecular formula is C36H45FN4O10. The Morgan fingerprint density at radius 3 is 2.37 bits per heavy atom. The summed E-state index contributed by atoms with van der Waals surface area (Å²) in [5.74, 6) is -2.56. The minimum absolute atomic E-state index is 0.0190. The summed E-state index contributed by atoms with van der Waals surface area (Å²) < 4.78 is 47.5. The highest BCUT2D eigenvalue weighted by Crippen LogP contribution is 2.21. The van der Waals surface area contributed by atoms with Crippen LogP contribution in [0.1, 0.15) is 59.2 Å². The Morgan fingerprint density at radius 1 is 0.980 bits per heavy atom. The standard InChI is InChI=1S/C36H45FN4O10/c1-7-8-17-49-28-19-26(37)15-14-25(28)20-39-33(43)27-21-41(40-35(45)51-36(2,3)4)30(34(44)38-16-18-48-23-29(46-5)47-6)32(31(27)42)50-22-24-12-10-9-11-13-24/h7,9-15,19,21,29H,1,8,16-18,20,22-23H2,2-6H3,(H,38,44)(H,39,43)(H,40,45). The van der Waals surface area contributed by atoms with Crippen LogP contribution in [0.2, 0.25) is 0 Å². The molecule has 0 spiro atoms. The highest BCUT2D eigenvalue weighted by atomic mass is 19.1. The first-order valence-electron chi connectivity index (χ1n) is 16.0. The molecule has 14 nitrogen and oxygen atoms in total. The average Bonchev–Trinajstić information content (AvgIpc) is 3.08. The molecule has 3 aromatic rings. The van der Waals surface area contributed by atoms with Crippen molar-refractivity contribution in [2.45, 2.75) is 52.2 Å². The van der Waals surface area contributed by atoms with Gasteiger partial charge in [-0.15, -0.1) is 6.58 Å². The lowest BCUT2D eigenvalue weighted by molar-refractivity contribution is -0.139. The molecular weight excluding hydrogens is 667 g/mol. The van der Waals surface area contributed by atoms with E-state index in [1.54, 1.807) is 57.2 Å². The molecule has 1 aromatic heterocycles. The first kappa shape index (κ1) is 40.2. The molecule has 15 heteroatoms. The zero-order valence-corrected chi connectivity index (χ0v) is 29.4. The van der Waals surface area contributed by atoms with E-state index in [9.17, 15) is 23.6 Å². The molecule has 0 unspecified atom stereocenters. The van der Waals surface area contributed by atoms with Gasteiger partial charge in [0.1, 0.15) is 29.3 Å². The third-order valence-corrected chi connectivity index (χ3v) is 6.82. The summed E-state index contributed by atoms with van der Waals surface area (Å²) in [5, 5.41) is 5.26. The van der Waals surface area contributed by atoms with Gasteiger partial charge in [-0.2, -0.15) is 0 Å². The molecule has 276 valence electrons. The lowest BCUT2D eigenvalue weighted by atomic mass is 10.1. The third kappa shape index (κ3) is 12.9. The number of hydrogen-bond acceptors (Lipinski definition) is 10. The van der Waals surface area contributed by atoms with Gasteiger partial charge in [0.05, 0.1) is 19.8 Å². The average molecular weight is 713 g/mol. The molecule has 3 amide bonds. The van der Waals surface area contributed by atoms with E-state index >= 15 is 0 Å². The monoisotopic (exact) mass is 712 g/mol. The van der Waals surface area contributed by atoms with Crippen LogP contribution < -0.4 is 31.0 Å². The molecule has 0 saturated carbocycles. The molecule has 0 bridgehead atoms. The normalized spacial score (nSPS) is 11.1. The molecule has 0 atom stereocenters.